The van der Waals surface area contributed by atoms with E-state index in [0.29, 0.717) is 19.6 Å². The van der Waals surface area contributed by atoms with Crippen LogP contribution in [0.15, 0.2) is 61.3 Å². The zero-order valence-corrected chi connectivity index (χ0v) is 15.4. The normalized spacial score (nSPS) is 14.5. The molecule has 0 atom stereocenters. The molecule has 1 aliphatic rings. The van der Waals surface area contributed by atoms with Crippen LogP contribution in [-0.2, 0) is 4.79 Å². The van der Waals surface area contributed by atoms with Gasteiger partial charge in [-0.3, -0.25) is 14.7 Å². The van der Waals surface area contributed by atoms with Gasteiger partial charge in [0.25, 0.3) is 0 Å². The van der Waals surface area contributed by atoms with Crippen molar-refractivity contribution in [3.63, 3.8) is 0 Å². The second kappa shape index (κ2) is 8.53. The van der Waals surface area contributed by atoms with Crippen LogP contribution in [0.2, 0.25) is 0 Å². The van der Waals surface area contributed by atoms with E-state index in [4.69, 9.17) is 4.98 Å². The van der Waals surface area contributed by atoms with E-state index in [0.717, 1.165) is 36.0 Å². The minimum atomic E-state index is 0.0662. The highest BCUT2D eigenvalue weighted by molar-refractivity contribution is 5.78. The molecule has 0 aromatic carbocycles. The number of amides is 1. The van der Waals surface area contributed by atoms with E-state index in [2.05, 4.69) is 25.2 Å². The van der Waals surface area contributed by atoms with Crippen molar-refractivity contribution in [2.24, 2.45) is 0 Å². The molecular weight excluding hydrogens is 354 g/mol. The van der Waals surface area contributed by atoms with Crippen LogP contribution in [0, 0.1) is 0 Å². The molecule has 1 N–H and O–H groups in total. The lowest BCUT2D eigenvalue weighted by Crippen LogP contribution is -2.49. The summed E-state index contributed by atoms with van der Waals surface area (Å²) in [4.78, 5) is 33.3. The van der Waals surface area contributed by atoms with Gasteiger partial charge in [0, 0.05) is 50.3 Å². The lowest BCUT2D eigenvalue weighted by molar-refractivity contribution is -0.124. The Morgan fingerprint density at radius 3 is 2.82 bits per heavy atom. The summed E-state index contributed by atoms with van der Waals surface area (Å²) >= 11 is 0. The molecule has 28 heavy (non-hydrogen) atoms. The molecule has 0 radical (unpaired) electrons. The SMILES string of the molecule is O=C1CN(CCN(c2ccncn2)c2cccc(-c3cccnc3)n2)CCN1. The summed E-state index contributed by atoms with van der Waals surface area (Å²) < 4.78 is 0. The number of carbonyl (C=O) groups is 1. The highest BCUT2D eigenvalue weighted by Gasteiger charge is 2.19. The quantitative estimate of drug-likeness (QED) is 0.699. The average molecular weight is 375 g/mol. The molecule has 4 rings (SSSR count). The van der Waals surface area contributed by atoms with Gasteiger partial charge in [0.1, 0.15) is 18.0 Å². The van der Waals surface area contributed by atoms with E-state index >= 15 is 0 Å². The number of carbonyl (C=O) groups excluding carboxylic acids is 1. The number of pyridine rings is 2. The van der Waals surface area contributed by atoms with Crippen LogP contribution < -0.4 is 10.2 Å². The van der Waals surface area contributed by atoms with Gasteiger partial charge in [-0.1, -0.05) is 6.07 Å². The summed E-state index contributed by atoms with van der Waals surface area (Å²) in [6.45, 7) is 3.33. The molecule has 0 saturated carbocycles. The Bertz CT molecular complexity index is 920. The first-order valence-corrected chi connectivity index (χ1v) is 9.20. The van der Waals surface area contributed by atoms with Gasteiger partial charge in [-0.05, 0) is 30.3 Å². The van der Waals surface area contributed by atoms with Crippen molar-refractivity contribution >= 4 is 17.5 Å². The molecule has 0 unspecified atom stereocenters. The monoisotopic (exact) mass is 375 g/mol. The maximum absolute atomic E-state index is 11.7. The number of hydrogen-bond donors (Lipinski definition) is 1. The second-order valence-electron chi connectivity index (χ2n) is 6.47. The number of nitrogens with zero attached hydrogens (tertiary/aromatic N) is 6. The van der Waals surface area contributed by atoms with Gasteiger partial charge in [0.2, 0.25) is 5.91 Å². The minimum absolute atomic E-state index is 0.0662. The maximum atomic E-state index is 11.7. The topological polar surface area (TPSA) is 87.1 Å². The van der Waals surface area contributed by atoms with Crippen molar-refractivity contribution in [2.75, 3.05) is 37.6 Å². The highest BCUT2D eigenvalue weighted by Crippen LogP contribution is 2.24. The van der Waals surface area contributed by atoms with Crippen molar-refractivity contribution in [1.82, 2.24) is 30.2 Å². The average Bonchev–Trinajstić information content (AvgIpc) is 2.76. The number of piperazine rings is 1. The molecular formula is C20H21N7O. The fourth-order valence-corrected chi connectivity index (χ4v) is 3.16. The van der Waals surface area contributed by atoms with Crippen LogP contribution in [0.4, 0.5) is 11.6 Å². The Morgan fingerprint density at radius 1 is 1.07 bits per heavy atom. The van der Waals surface area contributed by atoms with E-state index in [1.807, 2.05) is 41.3 Å². The molecule has 0 spiro atoms. The lowest BCUT2D eigenvalue weighted by Gasteiger charge is -2.30. The predicted molar refractivity (Wildman–Crippen MR) is 106 cm³/mol. The summed E-state index contributed by atoms with van der Waals surface area (Å²) in [5.41, 5.74) is 1.81. The van der Waals surface area contributed by atoms with E-state index < -0.39 is 0 Å². The second-order valence-corrected chi connectivity index (χ2v) is 6.47. The Kier molecular flexibility index (Phi) is 5.48. The first-order valence-electron chi connectivity index (χ1n) is 9.20. The maximum Gasteiger partial charge on any atom is 0.234 e. The van der Waals surface area contributed by atoms with Crippen molar-refractivity contribution in [1.29, 1.82) is 0 Å². The zero-order chi connectivity index (χ0) is 19.2. The van der Waals surface area contributed by atoms with E-state index in [-0.39, 0.29) is 5.91 Å². The van der Waals surface area contributed by atoms with Crippen LogP contribution in [0.3, 0.4) is 0 Å². The van der Waals surface area contributed by atoms with Gasteiger partial charge in [-0.25, -0.2) is 15.0 Å². The Labute approximate surface area is 163 Å². The first kappa shape index (κ1) is 18.0. The van der Waals surface area contributed by atoms with Gasteiger partial charge < -0.3 is 10.2 Å². The lowest BCUT2D eigenvalue weighted by atomic mass is 10.2. The van der Waals surface area contributed by atoms with Crippen LogP contribution in [0.5, 0.6) is 0 Å². The van der Waals surface area contributed by atoms with Gasteiger partial charge in [-0.2, -0.15) is 0 Å². The summed E-state index contributed by atoms with van der Waals surface area (Å²) in [6, 6.07) is 11.7. The third-order valence-corrected chi connectivity index (χ3v) is 4.57. The molecule has 3 aromatic rings. The summed E-state index contributed by atoms with van der Waals surface area (Å²) in [6.07, 6.45) is 6.79. The van der Waals surface area contributed by atoms with E-state index in [1.54, 1.807) is 18.6 Å². The van der Waals surface area contributed by atoms with Crippen molar-refractivity contribution in [3.8, 4) is 11.3 Å². The van der Waals surface area contributed by atoms with Crippen molar-refractivity contribution in [3.05, 3.63) is 61.3 Å². The molecule has 8 heteroatoms. The smallest absolute Gasteiger partial charge is 0.234 e. The van der Waals surface area contributed by atoms with Crippen LogP contribution >= 0.6 is 0 Å². The fraction of sp³-hybridized carbons (Fsp3) is 0.250. The number of nitrogens with one attached hydrogen (secondary N) is 1. The van der Waals surface area contributed by atoms with Gasteiger partial charge >= 0.3 is 0 Å². The van der Waals surface area contributed by atoms with Crippen LogP contribution in [0.1, 0.15) is 0 Å². The summed E-state index contributed by atoms with van der Waals surface area (Å²) in [5, 5.41) is 2.86. The van der Waals surface area contributed by atoms with E-state index in [9.17, 15) is 4.79 Å². The number of aromatic nitrogens is 4. The third kappa shape index (κ3) is 4.29. The van der Waals surface area contributed by atoms with Crippen LogP contribution in [-0.4, -0.2) is 63.5 Å². The first-order chi connectivity index (χ1) is 13.8. The number of hydrogen-bond acceptors (Lipinski definition) is 7. The number of anilines is 2. The Hall–Kier alpha value is -3.39. The molecule has 1 aliphatic heterocycles. The zero-order valence-electron chi connectivity index (χ0n) is 15.4. The molecule has 1 fully saturated rings. The minimum Gasteiger partial charge on any atom is -0.354 e. The molecule has 1 amide bonds. The highest BCUT2D eigenvalue weighted by atomic mass is 16.2. The molecule has 142 valence electrons. The van der Waals surface area contributed by atoms with Gasteiger partial charge in [0.05, 0.1) is 12.2 Å². The Morgan fingerprint density at radius 2 is 2.04 bits per heavy atom. The van der Waals surface area contributed by atoms with Gasteiger partial charge in [-0.15, -0.1) is 0 Å². The molecule has 4 heterocycles. The van der Waals surface area contributed by atoms with Gasteiger partial charge in [0.15, 0.2) is 0 Å². The summed E-state index contributed by atoms with van der Waals surface area (Å²) in [7, 11) is 0. The summed E-state index contributed by atoms with van der Waals surface area (Å²) in [5.74, 6) is 1.63. The number of rotatable bonds is 6. The largest absolute Gasteiger partial charge is 0.354 e. The van der Waals surface area contributed by atoms with Crippen molar-refractivity contribution in [2.45, 2.75) is 0 Å². The molecule has 3 aromatic heterocycles. The molecule has 8 nitrogen and oxygen atoms in total. The fourth-order valence-electron chi connectivity index (χ4n) is 3.16. The van der Waals surface area contributed by atoms with Crippen molar-refractivity contribution < 1.29 is 4.79 Å². The van der Waals surface area contributed by atoms with Crippen LogP contribution in [0.25, 0.3) is 11.3 Å². The molecule has 0 bridgehead atoms. The standard InChI is InChI=1S/C20H21N7O/c28-20-14-26(10-9-23-20)11-12-27(18-6-8-22-15-24-18)19-5-1-4-17(25-19)16-3-2-7-21-13-16/h1-8,13,15H,9-12,14H2,(H,23,28). The molecule has 0 aliphatic carbocycles. The Balaban J connectivity index is 1.59. The predicted octanol–water partition coefficient (Wildman–Crippen LogP) is 1.50. The third-order valence-electron chi connectivity index (χ3n) is 4.57. The molecule has 1 saturated heterocycles. The van der Waals surface area contributed by atoms with E-state index in [1.165, 1.54) is 6.33 Å².